The molecule has 0 unspecified atom stereocenters. The molecular formula is C22H24BrN3O. The van der Waals surface area contributed by atoms with Gasteiger partial charge in [0.15, 0.2) is 0 Å². The molecule has 3 aliphatic rings. The molecule has 5 rings (SSSR count). The van der Waals surface area contributed by atoms with Crippen molar-refractivity contribution >= 4 is 21.6 Å². The zero-order chi connectivity index (χ0) is 18.4. The summed E-state index contributed by atoms with van der Waals surface area (Å²) in [6, 6.07) is 17.3. The molecule has 4 nitrogen and oxygen atoms in total. The van der Waals surface area contributed by atoms with E-state index in [1.54, 1.807) is 0 Å². The van der Waals surface area contributed by atoms with Crippen LogP contribution in [0.5, 0.6) is 5.75 Å². The molecule has 1 spiro atoms. The molecule has 0 radical (unpaired) electrons. The first kappa shape index (κ1) is 17.3. The lowest BCUT2D eigenvalue weighted by Crippen LogP contribution is -2.59. The number of nitrogens with zero attached hydrogens (tertiary/aromatic N) is 3. The summed E-state index contributed by atoms with van der Waals surface area (Å²) in [5.74, 6) is 1.04. The minimum absolute atomic E-state index is 0.266. The van der Waals surface area contributed by atoms with Crippen LogP contribution >= 0.6 is 15.9 Å². The van der Waals surface area contributed by atoms with Crippen LogP contribution in [0.15, 0.2) is 58.1 Å². The second-order valence-electron chi connectivity index (χ2n) is 7.64. The number of hydrazone groups is 1. The van der Waals surface area contributed by atoms with E-state index in [4.69, 9.17) is 9.84 Å². The standard InChI is InChI=1S/C22H24BrN3O/c1-2-25-13-11-22(12-14-25)26-20(18-5-3-4-6-21(18)27-22)15-19(24-26)16-7-9-17(23)10-8-16/h3-10,20H,2,11-15H2,1H3/t20-/m0/s1. The fraction of sp³-hybridized carbons (Fsp3) is 0.409. The Morgan fingerprint density at radius 3 is 2.59 bits per heavy atom. The molecule has 3 heterocycles. The van der Waals surface area contributed by atoms with Crippen LogP contribution in [0, 0.1) is 0 Å². The molecule has 140 valence electrons. The third kappa shape index (κ3) is 2.88. The summed E-state index contributed by atoms with van der Waals surface area (Å²) < 4.78 is 7.75. The van der Waals surface area contributed by atoms with Gasteiger partial charge in [0.2, 0.25) is 5.72 Å². The summed E-state index contributed by atoms with van der Waals surface area (Å²) in [5, 5.41) is 7.42. The fourth-order valence-corrected chi connectivity index (χ4v) is 4.86. The number of rotatable bonds is 2. The van der Waals surface area contributed by atoms with Crippen LogP contribution in [0.1, 0.15) is 43.4 Å². The Balaban J connectivity index is 1.54. The van der Waals surface area contributed by atoms with Crippen LogP contribution in [-0.4, -0.2) is 41.0 Å². The van der Waals surface area contributed by atoms with Crippen LogP contribution in [0.3, 0.4) is 0 Å². The lowest BCUT2D eigenvalue weighted by molar-refractivity contribution is -0.149. The summed E-state index contributed by atoms with van der Waals surface area (Å²) in [6.45, 7) is 5.46. The zero-order valence-corrected chi connectivity index (χ0v) is 17.2. The van der Waals surface area contributed by atoms with Crippen molar-refractivity contribution in [3.63, 3.8) is 0 Å². The zero-order valence-electron chi connectivity index (χ0n) is 15.6. The normalized spacial score (nSPS) is 23.6. The lowest BCUT2D eigenvalue weighted by Gasteiger charge is -2.51. The molecule has 1 saturated heterocycles. The number of para-hydroxylation sites is 1. The fourth-order valence-electron chi connectivity index (χ4n) is 4.59. The number of ether oxygens (including phenoxy) is 1. The van der Waals surface area contributed by atoms with Gasteiger partial charge in [-0.25, -0.2) is 5.01 Å². The first-order chi connectivity index (χ1) is 13.2. The topological polar surface area (TPSA) is 28.1 Å². The van der Waals surface area contributed by atoms with Crippen molar-refractivity contribution < 1.29 is 4.74 Å². The molecule has 0 bridgehead atoms. The first-order valence-corrected chi connectivity index (χ1v) is 10.6. The highest BCUT2D eigenvalue weighted by Crippen LogP contribution is 2.49. The Hall–Kier alpha value is -1.85. The van der Waals surface area contributed by atoms with Crippen molar-refractivity contribution in [1.82, 2.24) is 9.91 Å². The molecule has 5 heteroatoms. The average molecular weight is 426 g/mol. The number of likely N-dealkylation sites (tertiary alicyclic amines) is 1. The Morgan fingerprint density at radius 1 is 1.11 bits per heavy atom. The molecule has 1 atom stereocenters. The summed E-state index contributed by atoms with van der Waals surface area (Å²) in [5.41, 5.74) is 3.30. The van der Waals surface area contributed by atoms with Gasteiger partial charge in [-0.2, -0.15) is 5.10 Å². The molecule has 2 aromatic rings. The Labute approximate surface area is 168 Å². The summed E-state index contributed by atoms with van der Waals surface area (Å²) >= 11 is 3.53. The number of hydrogen-bond donors (Lipinski definition) is 0. The molecule has 0 amide bonds. The third-order valence-corrected chi connectivity index (χ3v) is 6.70. The van der Waals surface area contributed by atoms with Gasteiger partial charge in [0, 0.05) is 42.4 Å². The SMILES string of the molecule is CCN1CCC2(CC1)Oc1ccccc1[C@@H]1CC(c3ccc(Br)cc3)=NN12. The molecule has 0 saturated carbocycles. The second-order valence-corrected chi connectivity index (χ2v) is 8.55. The van der Waals surface area contributed by atoms with Crippen LogP contribution < -0.4 is 4.74 Å². The van der Waals surface area contributed by atoms with E-state index in [2.05, 4.69) is 81.3 Å². The van der Waals surface area contributed by atoms with Crippen molar-refractivity contribution in [1.29, 1.82) is 0 Å². The van der Waals surface area contributed by atoms with Crippen LogP contribution in [0.25, 0.3) is 0 Å². The Kier molecular flexibility index (Phi) is 4.25. The van der Waals surface area contributed by atoms with E-state index in [1.807, 2.05) is 0 Å². The van der Waals surface area contributed by atoms with E-state index in [1.165, 1.54) is 11.1 Å². The second kappa shape index (κ2) is 6.64. The molecule has 2 aromatic carbocycles. The number of fused-ring (bicyclic) bond motifs is 4. The van der Waals surface area contributed by atoms with Gasteiger partial charge in [-0.05, 0) is 30.3 Å². The van der Waals surface area contributed by atoms with Gasteiger partial charge in [0.05, 0.1) is 11.8 Å². The van der Waals surface area contributed by atoms with E-state index >= 15 is 0 Å². The highest BCUT2D eigenvalue weighted by Gasteiger charge is 2.51. The van der Waals surface area contributed by atoms with Gasteiger partial charge >= 0.3 is 0 Å². The summed E-state index contributed by atoms with van der Waals surface area (Å²) in [7, 11) is 0. The predicted octanol–water partition coefficient (Wildman–Crippen LogP) is 4.80. The molecular weight excluding hydrogens is 402 g/mol. The van der Waals surface area contributed by atoms with Crippen LogP contribution in [-0.2, 0) is 0 Å². The first-order valence-electron chi connectivity index (χ1n) is 9.81. The summed E-state index contributed by atoms with van der Waals surface area (Å²) in [6.07, 6.45) is 2.91. The molecule has 1 fully saturated rings. The quantitative estimate of drug-likeness (QED) is 0.691. The van der Waals surface area contributed by atoms with E-state index in [0.29, 0.717) is 0 Å². The monoisotopic (exact) mass is 425 g/mol. The van der Waals surface area contributed by atoms with Gasteiger partial charge < -0.3 is 9.64 Å². The molecule has 3 aliphatic heterocycles. The van der Waals surface area contributed by atoms with Crippen molar-refractivity contribution in [2.75, 3.05) is 19.6 Å². The van der Waals surface area contributed by atoms with Gasteiger partial charge in [0.1, 0.15) is 5.75 Å². The highest BCUT2D eigenvalue weighted by atomic mass is 79.9. The highest BCUT2D eigenvalue weighted by molar-refractivity contribution is 9.10. The van der Waals surface area contributed by atoms with Crippen molar-refractivity contribution in [2.24, 2.45) is 5.10 Å². The van der Waals surface area contributed by atoms with Gasteiger partial charge in [-0.3, -0.25) is 0 Å². The van der Waals surface area contributed by atoms with Crippen molar-refractivity contribution in [2.45, 2.75) is 38.0 Å². The number of benzene rings is 2. The van der Waals surface area contributed by atoms with Crippen LogP contribution in [0.2, 0.25) is 0 Å². The maximum absolute atomic E-state index is 6.66. The smallest absolute Gasteiger partial charge is 0.200 e. The molecule has 0 N–H and O–H groups in total. The Bertz CT molecular complexity index is 871. The lowest BCUT2D eigenvalue weighted by atomic mass is 9.91. The van der Waals surface area contributed by atoms with Crippen molar-refractivity contribution in [3.8, 4) is 5.75 Å². The minimum Gasteiger partial charge on any atom is -0.466 e. The van der Waals surface area contributed by atoms with E-state index < -0.39 is 0 Å². The third-order valence-electron chi connectivity index (χ3n) is 6.17. The average Bonchev–Trinajstić information content (AvgIpc) is 3.16. The van der Waals surface area contributed by atoms with E-state index in [0.717, 1.165) is 54.8 Å². The van der Waals surface area contributed by atoms with E-state index in [-0.39, 0.29) is 11.8 Å². The minimum atomic E-state index is -0.318. The number of halogens is 1. The van der Waals surface area contributed by atoms with E-state index in [9.17, 15) is 0 Å². The summed E-state index contributed by atoms with van der Waals surface area (Å²) in [4.78, 5) is 2.50. The Morgan fingerprint density at radius 2 is 1.85 bits per heavy atom. The molecule has 0 aromatic heterocycles. The maximum Gasteiger partial charge on any atom is 0.200 e. The maximum atomic E-state index is 6.66. The van der Waals surface area contributed by atoms with Gasteiger partial charge in [-0.15, -0.1) is 0 Å². The number of piperidine rings is 1. The van der Waals surface area contributed by atoms with Crippen molar-refractivity contribution in [3.05, 3.63) is 64.1 Å². The van der Waals surface area contributed by atoms with Crippen LogP contribution in [0.4, 0.5) is 0 Å². The largest absolute Gasteiger partial charge is 0.466 e. The van der Waals surface area contributed by atoms with Gasteiger partial charge in [-0.1, -0.05) is 53.2 Å². The molecule has 27 heavy (non-hydrogen) atoms. The number of hydrogen-bond acceptors (Lipinski definition) is 4. The van der Waals surface area contributed by atoms with Gasteiger partial charge in [0.25, 0.3) is 0 Å². The predicted molar refractivity (Wildman–Crippen MR) is 111 cm³/mol. The molecule has 0 aliphatic carbocycles.